The summed E-state index contributed by atoms with van der Waals surface area (Å²) in [5.41, 5.74) is 3.03. The molecule has 3 heteroatoms. The Labute approximate surface area is 113 Å². The molecule has 1 fully saturated rings. The molecule has 0 radical (unpaired) electrons. The van der Waals surface area contributed by atoms with Gasteiger partial charge in [0, 0.05) is 28.7 Å². The van der Waals surface area contributed by atoms with E-state index in [9.17, 15) is 4.79 Å². The number of ketones is 1. The van der Waals surface area contributed by atoms with Gasteiger partial charge >= 0.3 is 0 Å². The number of H-pyrrole nitrogens is 1. The van der Waals surface area contributed by atoms with E-state index < -0.39 is 0 Å². The molecule has 3 rings (SSSR count). The van der Waals surface area contributed by atoms with Gasteiger partial charge < -0.3 is 10.3 Å². The van der Waals surface area contributed by atoms with Crippen LogP contribution in [0.15, 0.2) is 24.4 Å². The Balaban J connectivity index is 1.75. The zero-order valence-corrected chi connectivity index (χ0v) is 11.3. The molecular weight excluding hydrogens is 236 g/mol. The van der Waals surface area contributed by atoms with Gasteiger partial charge in [0.25, 0.3) is 0 Å². The molecule has 1 aliphatic carbocycles. The number of aromatic nitrogens is 1. The standard InChI is InChI=1S/C16H20N2O/c1-11-6-7-15-13(8-11)14(9-18-15)16(19)10-17-12-4-2-3-5-12/h6-9,12,17-18H,2-5,10H2,1H3. The van der Waals surface area contributed by atoms with Crippen LogP contribution in [0.25, 0.3) is 10.9 Å². The van der Waals surface area contributed by atoms with Gasteiger partial charge in [-0.25, -0.2) is 0 Å². The van der Waals surface area contributed by atoms with Gasteiger partial charge in [0.05, 0.1) is 6.54 Å². The van der Waals surface area contributed by atoms with Gasteiger partial charge in [0.1, 0.15) is 0 Å². The Morgan fingerprint density at radius 3 is 2.95 bits per heavy atom. The van der Waals surface area contributed by atoms with Gasteiger partial charge in [-0.3, -0.25) is 4.79 Å². The number of aromatic amines is 1. The lowest BCUT2D eigenvalue weighted by atomic mass is 10.1. The third kappa shape index (κ3) is 2.56. The summed E-state index contributed by atoms with van der Waals surface area (Å²) in [5, 5.41) is 4.43. The zero-order valence-electron chi connectivity index (χ0n) is 11.3. The SMILES string of the molecule is Cc1ccc2[nH]cc(C(=O)CNC3CCCC3)c2c1. The van der Waals surface area contributed by atoms with Crippen molar-refractivity contribution >= 4 is 16.7 Å². The summed E-state index contributed by atoms with van der Waals surface area (Å²) in [7, 11) is 0. The highest BCUT2D eigenvalue weighted by atomic mass is 16.1. The van der Waals surface area contributed by atoms with Gasteiger partial charge in [-0.2, -0.15) is 0 Å². The van der Waals surface area contributed by atoms with Crippen molar-refractivity contribution in [3.05, 3.63) is 35.5 Å². The first-order chi connectivity index (χ1) is 9.24. The quantitative estimate of drug-likeness (QED) is 0.825. The largest absolute Gasteiger partial charge is 0.360 e. The van der Waals surface area contributed by atoms with E-state index >= 15 is 0 Å². The number of benzene rings is 1. The van der Waals surface area contributed by atoms with E-state index in [0.717, 1.165) is 16.5 Å². The van der Waals surface area contributed by atoms with Crippen LogP contribution in [0, 0.1) is 6.92 Å². The van der Waals surface area contributed by atoms with Gasteiger partial charge in [0.15, 0.2) is 5.78 Å². The molecule has 0 amide bonds. The molecule has 1 aromatic carbocycles. The van der Waals surface area contributed by atoms with E-state index in [1.165, 1.54) is 31.2 Å². The molecule has 0 saturated heterocycles. The summed E-state index contributed by atoms with van der Waals surface area (Å²) in [5.74, 6) is 0.184. The minimum absolute atomic E-state index is 0.184. The molecule has 2 N–H and O–H groups in total. The molecule has 3 nitrogen and oxygen atoms in total. The lowest BCUT2D eigenvalue weighted by molar-refractivity contribution is 0.0989. The summed E-state index contributed by atoms with van der Waals surface area (Å²) in [6, 6.07) is 6.71. The van der Waals surface area contributed by atoms with E-state index in [1.54, 1.807) is 0 Å². The molecule has 0 aliphatic heterocycles. The Hall–Kier alpha value is -1.61. The molecule has 0 spiro atoms. The van der Waals surface area contributed by atoms with Gasteiger partial charge in [-0.1, -0.05) is 24.5 Å². The number of carbonyl (C=O) groups excluding carboxylic acids is 1. The second-order valence-electron chi connectivity index (χ2n) is 5.54. The maximum Gasteiger partial charge on any atom is 0.178 e. The van der Waals surface area contributed by atoms with Crippen molar-refractivity contribution in [3.8, 4) is 0 Å². The summed E-state index contributed by atoms with van der Waals surface area (Å²) >= 11 is 0. The molecule has 0 bridgehead atoms. The van der Waals surface area contributed by atoms with Gasteiger partial charge in [-0.05, 0) is 31.9 Å². The second kappa shape index (κ2) is 5.17. The predicted molar refractivity (Wildman–Crippen MR) is 77.6 cm³/mol. The highest BCUT2D eigenvalue weighted by Gasteiger charge is 2.17. The van der Waals surface area contributed by atoms with Gasteiger partial charge in [0.2, 0.25) is 0 Å². The van der Waals surface area contributed by atoms with Crippen LogP contribution in [-0.4, -0.2) is 23.4 Å². The molecule has 19 heavy (non-hydrogen) atoms. The minimum atomic E-state index is 0.184. The number of nitrogens with one attached hydrogen (secondary N) is 2. The number of aryl methyl sites for hydroxylation is 1. The van der Waals surface area contributed by atoms with Gasteiger partial charge in [-0.15, -0.1) is 0 Å². The highest BCUT2D eigenvalue weighted by molar-refractivity contribution is 6.08. The fourth-order valence-electron chi connectivity index (χ4n) is 2.93. The molecule has 1 saturated carbocycles. The topological polar surface area (TPSA) is 44.9 Å². The monoisotopic (exact) mass is 256 g/mol. The summed E-state index contributed by atoms with van der Waals surface area (Å²) < 4.78 is 0. The molecule has 100 valence electrons. The van der Waals surface area contributed by atoms with Crippen molar-refractivity contribution < 1.29 is 4.79 Å². The molecule has 1 heterocycles. The summed E-state index contributed by atoms with van der Waals surface area (Å²) in [6.07, 6.45) is 6.83. The Morgan fingerprint density at radius 1 is 1.37 bits per heavy atom. The molecule has 0 atom stereocenters. The number of fused-ring (bicyclic) bond motifs is 1. The third-order valence-electron chi connectivity index (χ3n) is 4.04. The van der Waals surface area contributed by atoms with Crippen LogP contribution in [0.5, 0.6) is 0 Å². The first kappa shape index (κ1) is 12.4. The van der Waals surface area contributed by atoms with Crippen molar-refractivity contribution in [2.24, 2.45) is 0 Å². The van der Waals surface area contributed by atoms with E-state index in [2.05, 4.69) is 29.4 Å². The van der Waals surface area contributed by atoms with Crippen LogP contribution in [0.4, 0.5) is 0 Å². The van der Waals surface area contributed by atoms with E-state index in [0.29, 0.717) is 12.6 Å². The Bertz CT molecular complexity index is 594. The fraction of sp³-hybridized carbons (Fsp3) is 0.438. The van der Waals surface area contributed by atoms with Crippen molar-refractivity contribution in [2.75, 3.05) is 6.54 Å². The number of hydrogen-bond acceptors (Lipinski definition) is 2. The Kier molecular flexibility index (Phi) is 3.38. The van der Waals surface area contributed by atoms with Crippen molar-refractivity contribution in [1.82, 2.24) is 10.3 Å². The van der Waals surface area contributed by atoms with E-state index in [1.807, 2.05) is 12.3 Å². The molecule has 1 aliphatic rings. The number of Topliss-reactive ketones (excluding diaryl/α,β-unsaturated/α-hetero) is 1. The lowest BCUT2D eigenvalue weighted by Gasteiger charge is -2.10. The summed E-state index contributed by atoms with van der Waals surface area (Å²) in [6.45, 7) is 2.50. The van der Waals surface area contributed by atoms with Crippen LogP contribution < -0.4 is 5.32 Å². The average Bonchev–Trinajstić information content (AvgIpc) is 3.04. The van der Waals surface area contributed by atoms with Crippen molar-refractivity contribution in [1.29, 1.82) is 0 Å². The number of rotatable bonds is 4. The first-order valence-electron chi connectivity index (χ1n) is 7.08. The maximum absolute atomic E-state index is 12.3. The van der Waals surface area contributed by atoms with Crippen LogP contribution in [0.3, 0.4) is 0 Å². The lowest BCUT2D eigenvalue weighted by Crippen LogP contribution is -2.31. The number of carbonyl (C=O) groups is 1. The van der Waals surface area contributed by atoms with Crippen LogP contribution in [0.1, 0.15) is 41.6 Å². The normalized spacial score (nSPS) is 16.3. The van der Waals surface area contributed by atoms with E-state index in [-0.39, 0.29) is 5.78 Å². The molecule has 0 unspecified atom stereocenters. The van der Waals surface area contributed by atoms with E-state index in [4.69, 9.17) is 0 Å². The minimum Gasteiger partial charge on any atom is -0.360 e. The second-order valence-corrected chi connectivity index (χ2v) is 5.54. The van der Waals surface area contributed by atoms with Crippen LogP contribution in [0.2, 0.25) is 0 Å². The van der Waals surface area contributed by atoms with Crippen LogP contribution in [-0.2, 0) is 0 Å². The molecule has 1 aromatic heterocycles. The van der Waals surface area contributed by atoms with Crippen molar-refractivity contribution in [2.45, 2.75) is 38.6 Å². The van der Waals surface area contributed by atoms with Crippen molar-refractivity contribution in [3.63, 3.8) is 0 Å². The number of hydrogen-bond donors (Lipinski definition) is 2. The first-order valence-corrected chi connectivity index (χ1v) is 7.08. The molecule has 2 aromatic rings. The third-order valence-corrected chi connectivity index (χ3v) is 4.04. The summed E-state index contributed by atoms with van der Waals surface area (Å²) in [4.78, 5) is 15.5. The average molecular weight is 256 g/mol. The van der Waals surface area contributed by atoms with Crippen LogP contribution >= 0.6 is 0 Å². The fourth-order valence-corrected chi connectivity index (χ4v) is 2.93. The maximum atomic E-state index is 12.3. The smallest absolute Gasteiger partial charge is 0.178 e. The predicted octanol–water partition coefficient (Wildman–Crippen LogP) is 3.19. The Morgan fingerprint density at radius 2 is 2.16 bits per heavy atom. The molecular formula is C16H20N2O. The highest BCUT2D eigenvalue weighted by Crippen LogP contribution is 2.21. The zero-order chi connectivity index (χ0) is 13.2.